The Balaban J connectivity index is 4.65. The summed E-state index contributed by atoms with van der Waals surface area (Å²) in [6.45, 7) is -2.17. The second-order valence-corrected chi connectivity index (χ2v) is 2.37. The second-order valence-electron chi connectivity index (χ2n) is 2.37. The predicted octanol–water partition coefficient (Wildman–Crippen LogP) is 0.467. The van der Waals surface area contributed by atoms with Crippen LogP contribution in [0.3, 0.4) is 0 Å². The maximum absolute atomic E-state index is 10.4. The van der Waals surface area contributed by atoms with Gasteiger partial charge in [0, 0.05) is 9.82 Å². The fourth-order valence-electron chi connectivity index (χ4n) is 0.687. The first-order valence-electron chi connectivity index (χ1n) is 3.83. The highest BCUT2D eigenvalue weighted by molar-refractivity contribution is 4.47. The van der Waals surface area contributed by atoms with Crippen LogP contribution in [-0.2, 0) is 0 Å². The summed E-state index contributed by atoms with van der Waals surface area (Å²) in [5.74, 6) is 0. The van der Waals surface area contributed by atoms with Crippen LogP contribution in [0.15, 0.2) is 10.2 Å². The van der Waals surface area contributed by atoms with Crippen molar-refractivity contribution in [3.8, 4) is 0 Å². The van der Waals surface area contributed by atoms with Gasteiger partial charge in [0.15, 0.2) is 23.4 Å². The first-order valence-corrected chi connectivity index (χ1v) is 3.83. The molecule has 0 aromatic rings. The van der Waals surface area contributed by atoms with Gasteiger partial charge >= 0.3 is 0 Å². The molecule has 0 radical (unpaired) electrons. The monoisotopic (exact) mass is 246 g/mol. The molecule has 14 heteroatoms. The SMILES string of the molecule is [N-]=[N+]=NCN(CN(CN=[N+]=[N-])[N+](=O)[O-])[N+](=O)[O-]. The van der Waals surface area contributed by atoms with Crippen LogP contribution in [0, 0.1) is 20.2 Å². The quantitative estimate of drug-likeness (QED) is 0.149. The Labute approximate surface area is 92.5 Å². The maximum Gasteiger partial charge on any atom is 0.208 e. The van der Waals surface area contributed by atoms with Crippen molar-refractivity contribution in [1.82, 2.24) is 10.0 Å². The number of hydrogen-bond acceptors (Lipinski definition) is 6. The minimum Gasteiger partial charge on any atom is -0.235 e. The number of hydrogen-bond donors (Lipinski definition) is 0. The minimum atomic E-state index is -0.971. The summed E-state index contributed by atoms with van der Waals surface area (Å²) in [4.78, 5) is 25.4. The number of hydrazine groups is 2. The maximum atomic E-state index is 10.4. The molecule has 0 spiro atoms. The van der Waals surface area contributed by atoms with Crippen LogP contribution in [0.4, 0.5) is 0 Å². The molecular formula is C3H6N10O4. The average molecular weight is 246 g/mol. The van der Waals surface area contributed by atoms with Gasteiger partial charge in [-0.25, -0.2) is 20.2 Å². The lowest BCUT2D eigenvalue weighted by atomic mass is 10.8. The largest absolute Gasteiger partial charge is 0.235 e. The van der Waals surface area contributed by atoms with E-state index in [0.717, 1.165) is 0 Å². The van der Waals surface area contributed by atoms with E-state index in [0.29, 0.717) is 0 Å². The van der Waals surface area contributed by atoms with E-state index in [2.05, 4.69) is 20.1 Å². The first kappa shape index (κ1) is 14.0. The molecule has 0 rings (SSSR count). The fraction of sp³-hybridized carbons (Fsp3) is 1.00. The summed E-state index contributed by atoms with van der Waals surface area (Å²) in [6.07, 6.45) is 0. The van der Waals surface area contributed by atoms with E-state index in [1.54, 1.807) is 0 Å². The summed E-state index contributed by atoms with van der Waals surface area (Å²) < 4.78 is 0. The van der Waals surface area contributed by atoms with Crippen molar-refractivity contribution >= 4 is 0 Å². The number of azide groups is 2. The Hall–Kier alpha value is -2.98. The molecule has 0 bridgehead atoms. The molecule has 0 saturated carbocycles. The highest BCUT2D eigenvalue weighted by Gasteiger charge is 2.23. The minimum absolute atomic E-state index is 0.287. The summed E-state index contributed by atoms with van der Waals surface area (Å²) in [5.41, 5.74) is 16.0. The van der Waals surface area contributed by atoms with Crippen LogP contribution in [0.5, 0.6) is 0 Å². The van der Waals surface area contributed by atoms with E-state index >= 15 is 0 Å². The third-order valence-electron chi connectivity index (χ3n) is 1.37. The first-order chi connectivity index (χ1) is 8.02. The molecule has 0 aliphatic heterocycles. The van der Waals surface area contributed by atoms with Crippen LogP contribution in [0.2, 0.25) is 0 Å². The smallest absolute Gasteiger partial charge is 0.208 e. The Bertz CT molecular complexity index is 345. The third kappa shape index (κ3) is 5.46. The highest BCUT2D eigenvalue weighted by Crippen LogP contribution is 1.97. The zero-order valence-electron chi connectivity index (χ0n) is 8.23. The Morgan fingerprint density at radius 1 is 1.00 bits per heavy atom. The molecule has 0 saturated heterocycles. The molecule has 0 fully saturated rings. The predicted molar refractivity (Wildman–Crippen MR) is 50.6 cm³/mol. The molecule has 17 heavy (non-hydrogen) atoms. The summed E-state index contributed by atoms with van der Waals surface area (Å²) >= 11 is 0. The average Bonchev–Trinajstić information content (AvgIpc) is 2.27. The van der Waals surface area contributed by atoms with Crippen molar-refractivity contribution in [2.24, 2.45) is 10.2 Å². The van der Waals surface area contributed by atoms with Crippen molar-refractivity contribution in [3.63, 3.8) is 0 Å². The van der Waals surface area contributed by atoms with Crippen molar-refractivity contribution in [2.45, 2.75) is 0 Å². The van der Waals surface area contributed by atoms with Gasteiger partial charge in [0.25, 0.3) is 0 Å². The van der Waals surface area contributed by atoms with Gasteiger partial charge < -0.3 is 0 Å². The normalized spacial score (nSPS) is 8.47. The van der Waals surface area contributed by atoms with E-state index in [1.807, 2.05) is 0 Å². The Kier molecular flexibility index (Phi) is 6.04. The second kappa shape index (κ2) is 7.33. The molecule has 14 nitrogen and oxygen atoms in total. The zero-order chi connectivity index (χ0) is 13.3. The molecule has 0 N–H and O–H groups in total. The van der Waals surface area contributed by atoms with Crippen molar-refractivity contribution in [3.05, 3.63) is 41.1 Å². The van der Waals surface area contributed by atoms with E-state index in [1.165, 1.54) is 0 Å². The van der Waals surface area contributed by atoms with Crippen LogP contribution < -0.4 is 0 Å². The van der Waals surface area contributed by atoms with Gasteiger partial charge in [-0.1, -0.05) is 20.2 Å². The van der Waals surface area contributed by atoms with Gasteiger partial charge in [0.2, 0.25) is 6.67 Å². The molecule has 0 aromatic carbocycles. The van der Waals surface area contributed by atoms with Gasteiger partial charge in [0.1, 0.15) is 0 Å². The third-order valence-corrected chi connectivity index (χ3v) is 1.37. The van der Waals surface area contributed by atoms with Crippen molar-refractivity contribution in [2.75, 3.05) is 20.0 Å². The highest BCUT2D eigenvalue weighted by atomic mass is 16.7. The molecule has 0 unspecified atom stereocenters. The van der Waals surface area contributed by atoms with E-state index < -0.39 is 30.1 Å². The van der Waals surface area contributed by atoms with Gasteiger partial charge in [0.05, 0.1) is 0 Å². The lowest BCUT2D eigenvalue weighted by Crippen LogP contribution is -2.43. The van der Waals surface area contributed by atoms with Crippen molar-refractivity contribution in [1.29, 1.82) is 0 Å². The molecular weight excluding hydrogens is 240 g/mol. The van der Waals surface area contributed by atoms with E-state index in [9.17, 15) is 20.2 Å². The van der Waals surface area contributed by atoms with E-state index in [-0.39, 0.29) is 10.0 Å². The van der Waals surface area contributed by atoms with Crippen LogP contribution in [-0.4, -0.2) is 40.1 Å². The lowest BCUT2D eigenvalue weighted by Gasteiger charge is -2.16. The lowest BCUT2D eigenvalue weighted by molar-refractivity contribution is -0.711. The van der Waals surface area contributed by atoms with Gasteiger partial charge in [-0.15, -0.1) is 0 Å². The van der Waals surface area contributed by atoms with Crippen LogP contribution in [0.1, 0.15) is 0 Å². The molecule has 0 aliphatic rings. The summed E-state index contributed by atoms with van der Waals surface area (Å²) in [7, 11) is 0. The summed E-state index contributed by atoms with van der Waals surface area (Å²) in [6, 6.07) is 0. The van der Waals surface area contributed by atoms with Crippen LogP contribution >= 0.6 is 0 Å². The Morgan fingerprint density at radius 2 is 1.35 bits per heavy atom. The zero-order valence-corrected chi connectivity index (χ0v) is 8.23. The molecule has 0 heterocycles. The standard InChI is InChI=1S/C3H6N10O4/c4-8-6-1-10(12(14)15)3-11(13(16)17)2-7-9-5/h1-3H2. The van der Waals surface area contributed by atoms with Gasteiger partial charge in [-0.05, 0) is 11.1 Å². The topological polar surface area (TPSA) is 190 Å². The van der Waals surface area contributed by atoms with Crippen LogP contribution in [0.25, 0.3) is 20.9 Å². The van der Waals surface area contributed by atoms with Gasteiger partial charge in [-0.3, -0.25) is 0 Å². The number of nitro groups is 2. The fourth-order valence-corrected chi connectivity index (χ4v) is 0.687. The molecule has 0 aromatic heterocycles. The number of nitrogens with zero attached hydrogens (tertiary/aromatic N) is 10. The molecule has 92 valence electrons. The van der Waals surface area contributed by atoms with Gasteiger partial charge in [-0.2, -0.15) is 0 Å². The van der Waals surface area contributed by atoms with Crippen molar-refractivity contribution < 1.29 is 10.1 Å². The molecule has 0 amide bonds. The Morgan fingerprint density at radius 3 is 1.59 bits per heavy atom. The summed E-state index contributed by atoms with van der Waals surface area (Å²) in [5, 5.41) is 25.3. The molecule has 0 atom stereocenters. The number of rotatable bonds is 8. The van der Waals surface area contributed by atoms with E-state index in [4.69, 9.17) is 11.1 Å². The molecule has 0 aliphatic carbocycles.